The van der Waals surface area contributed by atoms with Crippen LogP contribution < -0.4 is 19.6 Å². The van der Waals surface area contributed by atoms with Gasteiger partial charge in [0.25, 0.3) is 0 Å². The van der Waals surface area contributed by atoms with Gasteiger partial charge in [0, 0.05) is 44.1 Å². The van der Waals surface area contributed by atoms with Crippen molar-refractivity contribution in [3.8, 4) is 17.2 Å². The highest BCUT2D eigenvalue weighted by molar-refractivity contribution is 5.79. The molecule has 0 atom stereocenters. The van der Waals surface area contributed by atoms with E-state index in [0.29, 0.717) is 26.2 Å². The molecule has 8 heteroatoms. The molecule has 4 rings (SSSR count). The second-order valence-electron chi connectivity index (χ2n) is 6.60. The second-order valence-corrected chi connectivity index (χ2v) is 6.60. The summed E-state index contributed by atoms with van der Waals surface area (Å²) in [7, 11) is 1.46. The van der Waals surface area contributed by atoms with Gasteiger partial charge < -0.3 is 24.1 Å². The Morgan fingerprint density at radius 2 is 1.96 bits per heavy atom. The Labute approximate surface area is 156 Å². The van der Waals surface area contributed by atoms with Crippen LogP contribution in [0.1, 0.15) is 11.3 Å². The zero-order valence-electron chi connectivity index (χ0n) is 15.1. The molecule has 1 amide bonds. The Hall–Kier alpha value is -3.00. The van der Waals surface area contributed by atoms with E-state index in [1.165, 1.54) is 13.2 Å². The predicted octanol–water partition coefficient (Wildman–Crippen LogP) is 0.957. The Morgan fingerprint density at radius 3 is 2.74 bits per heavy atom. The molecule has 8 nitrogen and oxygen atoms in total. The number of nitrogens with one attached hydrogen (secondary N) is 1. The van der Waals surface area contributed by atoms with Gasteiger partial charge >= 0.3 is 0 Å². The normalized spacial score (nSPS) is 16.6. The first-order valence-electron chi connectivity index (χ1n) is 8.76. The number of hydrogen-bond donors (Lipinski definition) is 1. The van der Waals surface area contributed by atoms with Gasteiger partial charge in [-0.1, -0.05) is 6.07 Å². The Balaban J connectivity index is 1.36. The van der Waals surface area contributed by atoms with E-state index in [9.17, 15) is 9.59 Å². The van der Waals surface area contributed by atoms with Crippen molar-refractivity contribution in [3.63, 3.8) is 0 Å². The molecule has 1 aromatic heterocycles. The fraction of sp³-hybridized carbons (Fsp3) is 0.368. The van der Waals surface area contributed by atoms with Crippen molar-refractivity contribution in [1.29, 1.82) is 0 Å². The largest absolute Gasteiger partial charge is 0.491 e. The quantitative estimate of drug-likeness (QED) is 0.843. The van der Waals surface area contributed by atoms with Crippen LogP contribution in [0.3, 0.4) is 0 Å². The smallest absolute Gasteiger partial charge is 0.237 e. The minimum absolute atomic E-state index is 0.0646. The van der Waals surface area contributed by atoms with Crippen LogP contribution in [-0.4, -0.2) is 54.2 Å². The van der Waals surface area contributed by atoms with Crippen LogP contribution in [0.2, 0.25) is 0 Å². The number of pyridine rings is 1. The molecule has 2 aliphatic rings. The van der Waals surface area contributed by atoms with E-state index >= 15 is 0 Å². The van der Waals surface area contributed by atoms with Gasteiger partial charge in [0.1, 0.15) is 0 Å². The number of aromatic nitrogens is 1. The Morgan fingerprint density at radius 1 is 1.11 bits per heavy atom. The van der Waals surface area contributed by atoms with E-state index in [0.717, 1.165) is 29.3 Å². The zero-order chi connectivity index (χ0) is 18.8. The second kappa shape index (κ2) is 7.32. The Bertz CT molecular complexity index is 910. The molecule has 142 valence electrons. The lowest BCUT2D eigenvalue weighted by Gasteiger charge is -2.34. The van der Waals surface area contributed by atoms with Crippen LogP contribution in [0.15, 0.2) is 35.3 Å². The summed E-state index contributed by atoms with van der Waals surface area (Å²) in [6, 6.07) is 7.26. The van der Waals surface area contributed by atoms with Gasteiger partial charge in [-0.05, 0) is 17.7 Å². The molecule has 27 heavy (non-hydrogen) atoms. The maximum absolute atomic E-state index is 12.5. The SMILES string of the molecule is COc1c[nH]c(CN2CCN(Cc3ccc4c(c3)OCO4)C(=O)C2)cc1=O. The van der Waals surface area contributed by atoms with Gasteiger partial charge in [-0.3, -0.25) is 14.5 Å². The number of carbonyl (C=O) groups is 1. The molecule has 3 heterocycles. The number of amides is 1. The summed E-state index contributed by atoms with van der Waals surface area (Å²) in [5.74, 6) is 1.81. The Kier molecular flexibility index (Phi) is 4.72. The molecular weight excluding hydrogens is 350 g/mol. The summed E-state index contributed by atoms with van der Waals surface area (Å²) in [6.07, 6.45) is 1.55. The van der Waals surface area contributed by atoms with Crippen molar-refractivity contribution < 1.29 is 19.0 Å². The molecule has 0 aliphatic carbocycles. The third-order valence-corrected chi connectivity index (χ3v) is 4.76. The first-order chi connectivity index (χ1) is 13.1. The van der Waals surface area contributed by atoms with Gasteiger partial charge in [0.05, 0.1) is 13.7 Å². The third-order valence-electron chi connectivity index (χ3n) is 4.76. The van der Waals surface area contributed by atoms with E-state index in [4.69, 9.17) is 14.2 Å². The van der Waals surface area contributed by atoms with Crippen molar-refractivity contribution in [1.82, 2.24) is 14.8 Å². The zero-order valence-corrected chi connectivity index (χ0v) is 15.1. The molecule has 0 radical (unpaired) electrons. The van der Waals surface area contributed by atoms with E-state index in [1.54, 1.807) is 6.20 Å². The average Bonchev–Trinajstić information content (AvgIpc) is 3.12. The van der Waals surface area contributed by atoms with Gasteiger partial charge in [-0.2, -0.15) is 0 Å². The van der Waals surface area contributed by atoms with Gasteiger partial charge in [-0.25, -0.2) is 0 Å². The molecule has 1 fully saturated rings. The minimum Gasteiger partial charge on any atom is -0.491 e. The average molecular weight is 371 g/mol. The third kappa shape index (κ3) is 3.75. The maximum atomic E-state index is 12.5. The summed E-state index contributed by atoms with van der Waals surface area (Å²) >= 11 is 0. The van der Waals surface area contributed by atoms with Crippen LogP contribution in [0, 0.1) is 0 Å². The molecule has 1 aromatic carbocycles. The molecule has 1 N–H and O–H groups in total. The highest BCUT2D eigenvalue weighted by atomic mass is 16.7. The lowest BCUT2D eigenvalue weighted by atomic mass is 10.1. The molecule has 0 unspecified atom stereocenters. The van der Waals surface area contributed by atoms with E-state index in [1.807, 2.05) is 28.0 Å². The number of nitrogens with zero attached hydrogens (tertiary/aromatic N) is 2. The number of fused-ring (bicyclic) bond motifs is 1. The van der Waals surface area contributed by atoms with Crippen LogP contribution in [-0.2, 0) is 17.9 Å². The molecule has 2 aliphatic heterocycles. The fourth-order valence-electron chi connectivity index (χ4n) is 3.31. The van der Waals surface area contributed by atoms with Crippen LogP contribution in [0.4, 0.5) is 0 Å². The highest BCUT2D eigenvalue weighted by Gasteiger charge is 2.25. The fourth-order valence-corrected chi connectivity index (χ4v) is 3.31. The van der Waals surface area contributed by atoms with Crippen molar-refractivity contribution in [2.24, 2.45) is 0 Å². The number of carbonyl (C=O) groups excluding carboxylic acids is 1. The number of piperazine rings is 1. The number of benzene rings is 1. The molecule has 0 saturated carbocycles. The van der Waals surface area contributed by atoms with Crippen LogP contribution in [0.25, 0.3) is 0 Å². The van der Waals surface area contributed by atoms with E-state index in [-0.39, 0.29) is 23.9 Å². The lowest BCUT2D eigenvalue weighted by Crippen LogP contribution is -2.49. The molecule has 0 bridgehead atoms. The van der Waals surface area contributed by atoms with Crippen molar-refractivity contribution in [3.05, 3.63) is 51.9 Å². The number of hydrogen-bond acceptors (Lipinski definition) is 6. The van der Waals surface area contributed by atoms with Gasteiger partial charge in [-0.15, -0.1) is 0 Å². The lowest BCUT2D eigenvalue weighted by molar-refractivity contribution is -0.136. The molecule has 1 saturated heterocycles. The van der Waals surface area contributed by atoms with Crippen molar-refractivity contribution in [2.75, 3.05) is 33.5 Å². The number of methoxy groups -OCH3 is 1. The number of ether oxygens (including phenoxy) is 3. The predicted molar refractivity (Wildman–Crippen MR) is 96.9 cm³/mol. The minimum atomic E-state index is -0.168. The number of rotatable bonds is 5. The summed E-state index contributed by atoms with van der Waals surface area (Å²) < 4.78 is 15.7. The summed E-state index contributed by atoms with van der Waals surface area (Å²) in [6.45, 7) is 2.99. The maximum Gasteiger partial charge on any atom is 0.237 e. The molecular formula is C19H21N3O5. The van der Waals surface area contributed by atoms with Gasteiger partial charge in [0.2, 0.25) is 18.1 Å². The molecule has 0 spiro atoms. The summed E-state index contributed by atoms with van der Waals surface area (Å²) in [4.78, 5) is 31.3. The highest BCUT2D eigenvalue weighted by Crippen LogP contribution is 2.32. The van der Waals surface area contributed by atoms with E-state index in [2.05, 4.69) is 4.98 Å². The summed E-state index contributed by atoms with van der Waals surface area (Å²) in [5, 5.41) is 0. The monoisotopic (exact) mass is 371 g/mol. The molecule has 2 aromatic rings. The number of aromatic amines is 1. The van der Waals surface area contributed by atoms with Crippen molar-refractivity contribution in [2.45, 2.75) is 13.1 Å². The number of H-pyrrole nitrogens is 1. The van der Waals surface area contributed by atoms with Crippen LogP contribution in [0.5, 0.6) is 17.2 Å². The van der Waals surface area contributed by atoms with Crippen LogP contribution >= 0.6 is 0 Å². The van der Waals surface area contributed by atoms with E-state index < -0.39 is 0 Å². The van der Waals surface area contributed by atoms with Gasteiger partial charge in [0.15, 0.2) is 17.2 Å². The first-order valence-corrected chi connectivity index (χ1v) is 8.76. The summed E-state index contributed by atoms with van der Waals surface area (Å²) in [5.41, 5.74) is 1.61. The van der Waals surface area contributed by atoms with Crippen molar-refractivity contribution >= 4 is 5.91 Å². The first kappa shape index (κ1) is 17.4. The topological polar surface area (TPSA) is 84.1 Å². The standard InChI is InChI=1S/C19H21N3O5/c1-25-18-8-20-14(7-15(18)23)10-21-4-5-22(19(24)11-21)9-13-2-3-16-17(6-13)27-12-26-16/h2-3,6-8H,4-5,9-12H2,1H3,(H,20,23).